The number of aryl methyl sites for hydroxylation is 1. The summed E-state index contributed by atoms with van der Waals surface area (Å²) in [6, 6.07) is 11.1. The largest absolute Gasteiger partial charge is 0.243 e. The lowest BCUT2D eigenvalue weighted by molar-refractivity contribution is 0.398. The predicted octanol–water partition coefficient (Wildman–Crippen LogP) is 4.25. The van der Waals surface area contributed by atoms with Gasteiger partial charge < -0.3 is 0 Å². The molecule has 3 rings (SSSR count). The molecule has 2 aromatic rings. The summed E-state index contributed by atoms with van der Waals surface area (Å²) < 4.78 is 41.4. The molecule has 3 nitrogen and oxygen atoms in total. The van der Waals surface area contributed by atoms with Crippen LogP contribution in [0, 0.1) is 12.7 Å². The Labute approximate surface area is 144 Å². The molecule has 0 N–H and O–H groups in total. The van der Waals surface area contributed by atoms with E-state index in [1.165, 1.54) is 16.4 Å². The van der Waals surface area contributed by atoms with Crippen LogP contribution < -0.4 is 0 Å². The van der Waals surface area contributed by atoms with Crippen LogP contribution in [-0.4, -0.2) is 18.8 Å². The van der Waals surface area contributed by atoms with Crippen LogP contribution in [0.1, 0.15) is 24.0 Å². The maximum Gasteiger partial charge on any atom is 0.243 e. The second-order valence-corrected chi connectivity index (χ2v) is 8.56. The first kappa shape index (κ1) is 16.6. The van der Waals surface area contributed by atoms with E-state index in [2.05, 4.69) is 15.9 Å². The fourth-order valence-electron chi connectivity index (χ4n) is 2.46. The Morgan fingerprint density at radius 3 is 2.39 bits per heavy atom. The average Bonchev–Trinajstić information content (AvgIpc) is 3.33. The lowest BCUT2D eigenvalue weighted by Crippen LogP contribution is -2.32. The van der Waals surface area contributed by atoms with Gasteiger partial charge in [-0.3, -0.25) is 0 Å². The number of halogens is 2. The van der Waals surface area contributed by atoms with Crippen LogP contribution in [0.3, 0.4) is 0 Å². The molecule has 0 spiro atoms. The van der Waals surface area contributed by atoms with Crippen LogP contribution in [0.4, 0.5) is 4.39 Å². The van der Waals surface area contributed by atoms with Crippen molar-refractivity contribution in [2.75, 3.05) is 0 Å². The molecular weight excluding hydrogens is 381 g/mol. The molecule has 0 bridgehead atoms. The van der Waals surface area contributed by atoms with Crippen LogP contribution in [-0.2, 0) is 16.6 Å². The highest BCUT2D eigenvalue weighted by molar-refractivity contribution is 9.10. The summed E-state index contributed by atoms with van der Waals surface area (Å²) in [5.74, 6) is -0.321. The molecule has 1 fully saturated rings. The van der Waals surface area contributed by atoms with Crippen molar-refractivity contribution < 1.29 is 12.8 Å². The van der Waals surface area contributed by atoms with Crippen LogP contribution in [0.2, 0.25) is 0 Å². The molecule has 122 valence electrons. The molecule has 23 heavy (non-hydrogen) atoms. The molecule has 2 aromatic carbocycles. The van der Waals surface area contributed by atoms with E-state index < -0.39 is 10.0 Å². The number of rotatable bonds is 5. The first-order valence-corrected chi connectivity index (χ1v) is 9.63. The number of sulfonamides is 1. The summed E-state index contributed by atoms with van der Waals surface area (Å²) in [6.07, 6.45) is 1.74. The third-order valence-corrected chi connectivity index (χ3v) is 6.73. The van der Waals surface area contributed by atoms with Crippen LogP contribution in [0.25, 0.3) is 0 Å². The quantitative estimate of drug-likeness (QED) is 0.755. The van der Waals surface area contributed by atoms with Gasteiger partial charge in [-0.15, -0.1) is 0 Å². The van der Waals surface area contributed by atoms with Gasteiger partial charge >= 0.3 is 0 Å². The van der Waals surface area contributed by atoms with Crippen molar-refractivity contribution in [3.8, 4) is 0 Å². The third-order valence-electron chi connectivity index (χ3n) is 3.94. The van der Waals surface area contributed by atoms with E-state index in [1.54, 1.807) is 30.3 Å². The minimum Gasteiger partial charge on any atom is -0.207 e. The van der Waals surface area contributed by atoms with E-state index >= 15 is 0 Å². The Morgan fingerprint density at radius 1 is 1.17 bits per heavy atom. The summed E-state index contributed by atoms with van der Waals surface area (Å²) in [6.45, 7) is 2.13. The van der Waals surface area contributed by atoms with Gasteiger partial charge in [-0.25, -0.2) is 12.8 Å². The summed E-state index contributed by atoms with van der Waals surface area (Å²) in [5.41, 5.74) is 1.67. The maximum atomic E-state index is 13.0. The second kappa shape index (κ2) is 6.34. The summed E-state index contributed by atoms with van der Waals surface area (Å²) in [5, 5.41) is 0. The zero-order chi connectivity index (χ0) is 16.6. The zero-order valence-electron chi connectivity index (χ0n) is 12.7. The summed E-state index contributed by atoms with van der Waals surface area (Å²) in [7, 11) is -3.57. The highest BCUT2D eigenvalue weighted by atomic mass is 79.9. The van der Waals surface area contributed by atoms with Crippen molar-refractivity contribution in [2.24, 2.45) is 0 Å². The third kappa shape index (κ3) is 3.65. The van der Waals surface area contributed by atoms with Crippen LogP contribution in [0.5, 0.6) is 0 Å². The number of benzene rings is 2. The molecule has 0 atom stereocenters. The molecular formula is C17H17BrFNO2S. The lowest BCUT2D eigenvalue weighted by Gasteiger charge is -2.22. The van der Waals surface area contributed by atoms with Gasteiger partial charge in [0.05, 0.1) is 4.90 Å². The van der Waals surface area contributed by atoms with Gasteiger partial charge in [-0.1, -0.05) is 28.1 Å². The van der Waals surface area contributed by atoms with Gasteiger partial charge in [-0.2, -0.15) is 4.31 Å². The first-order chi connectivity index (χ1) is 10.9. The SMILES string of the molecule is Cc1cc(S(=O)(=O)N(Cc2ccc(F)cc2)C2CC2)ccc1Br. The van der Waals surface area contributed by atoms with Crippen molar-refractivity contribution in [2.45, 2.75) is 37.2 Å². The Balaban J connectivity index is 1.93. The number of nitrogens with zero attached hydrogens (tertiary/aromatic N) is 1. The fourth-order valence-corrected chi connectivity index (χ4v) is 4.46. The fraction of sp³-hybridized carbons (Fsp3) is 0.294. The van der Waals surface area contributed by atoms with Crippen molar-refractivity contribution >= 4 is 26.0 Å². The van der Waals surface area contributed by atoms with Gasteiger partial charge in [0, 0.05) is 17.1 Å². The molecule has 1 saturated carbocycles. The van der Waals surface area contributed by atoms with Gasteiger partial charge in [0.25, 0.3) is 0 Å². The van der Waals surface area contributed by atoms with Crippen molar-refractivity contribution in [1.29, 1.82) is 0 Å². The topological polar surface area (TPSA) is 37.4 Å². The molecule has 1 aliphatic rings. The van der Waals surface area contributed by atoms with E-state index in [0.29, 0.717) is 4.90 Å². The molecule has 6 heteroatoms. The highest BCUT2D eigenvalue weighted by Crippen LogP contribution is 2.34. The smallest absolute Gasteiger partial charge is 0.207 e. The Hall–Kier alpha value is -1.24. The van der Waals surface area contributed by atoms with Crippen molar-refractivity contribution in [3.05, 3.63) is 63.9 Å². The Morgan fingerprint density at radius 2 is 1.83 bits per heavy atom. The van der Waals surface area contributed by atoms with Gasteiger partial charge in [0.15, 0.2) is 0 Å². The van der Waals surface area contributed by atoms with Crippen LogP contribution >= 0.6 is 15.9 Å². The predicted molar refractivity (Wildman–Crippen MR) is 91.0 cm³/mol. The Kier molecular flexibility index (Phi) is 4.58. The van der Waals surface area contributed by atoms with E-state index in [1.807, 2.05) is 6.92 Å². The molecule has 0 saturated heterocycles. The van der Waals surface area contributed by atoms with E-state index in [-0.39, 0.29) is 18.4 Å². The van der Waals surface area contributed by atoms with Crippen LogP contribution in [0.15, 0.2) is 51.8 Å². The molecule has 1 aliphatic carbocycles. The number of hydrogen-bond acceptors (Lipinski definition) is 2. The molecule has 0 radical (unpaired) electrons. The monoisotopic (exact) mass is 397 g/mol. The second-order valence-electron chi connectivity index (χ2n) is 5.82. The minimum atomic E-state index is -3.57. The van der Waals surface area contributed by atoms with E-state index in [0.717, 1.165) is 28.4 Å². The maximum absolute atomic E-state index is 13.0. The highest BCUT2D eigenvalue weighted by Gasteiger charge is 2.38. The lowest BCUT2D eigenvalue weighted by atomic mass is 10.2. The Bertz CT molecular complexity index is 817. The molecule has 0 amide bonds. The summed E-state index contributed by atoms with van der Waals surface area (Å²) in [4.78, 5) is 0.298. The zero-order valence-corrected chi connectivity index (χ0v) is 15.1. The van der Waals surface area contributed by atoms with Gasteiger partial charge in [0.2, 0.25) is 10.0 Å². The van der Waals surface area contributed by atoms with E-state index in [4.69, 9.17) is 0 Å². The van der Waals surface area contributed by atoms with Gasteiger partial charge in [0.1, 0.15) is 5.82 Å². The molecule has 0 heterocycles. The standard InChI is InChI=1S/C17H17BrFNO2S/c1-12-10-16(8-9-17(12)18)23(21,22)20(15-6-7-15)11-13-2-4-14(19)5-3-13/h2-5,8-10,15H,6-7,11H2,1H3. The van der Waals surface area contributed by atoms with Gasteiger partial charge in [-0.05, 0) is 61.2 Å². The minimum absolute atomic E-state index is 0.0361. The normalized spacial score (nSPS) is 15.1. The average molecular weight is 398 g/mol. The first-order valence-electron chi connectivity index (χ1n) is 7.40. The molecule has 0 aromatic heterocycles. The molecule has 0 unspecified atom stereocenters. The molecule has 0 aliphatic heterocycles. The number of hydrogen-bond donors (Lipinski definition) is 0. The van der Waals surface area contributed by atoms with Crippen molar-refractivity contribution in [1.82, 2.24) is 4.31 Å². The summed E-state index contributed by atoms with van der Waals surface area (Å²) >= 11 is 3.39. The van der Waals surface area contributed by atoms with E-state index in [9.17, 15) is 12.8 Å². The van der Waals surface area contributed by atoms with Crippen molar-refractivity contribution in [3.63, 3.8) is 0 Å².